The smallest absolute Gasteiger partial charge is 0.192 e. The van der Waals surface area contributed by atoms with Crippen LogP contribution < -0.4 is 5.43 Å². The van der Waals surface area contributed by atoms with Crippen LogP contribution >= 0.6 is 0 Å². The summed E-state index contributed by atoms with van der Waals surface area (Å²) in [5.74, 6) is -0.319. The molecular formula is C12H9FNO. The maximum Gasteiger partial charge on any atom is 0.192 e. The zero-order chi connectivity index (χ0) is 10.8. The van der Waals surface area contributed by atoms with Crippen LogP contribution in [0, 0.1) is 12.7 Å². The van der Waals surface area contributed by atoms with E-state index >= 15 is 0 Å². The zero-order valence-electron chi connectivity index (χ0n) is 7.96. The maximum absolute atomic E-state index is 12.7. The Balaban J connectivity index is 2.59. The molecule has 0 bridgehead atoms. The van der Waals surface area contributed by atoms with Crippen molar-refractivity contribution < 1.29 is 4.39 Å². The number of nitrogens with one attached hydrogen (secondary N) is 1. The summed E-state index contributed by atoms with van der Waals surface area (Å²) < 4.78 is 12.7. The van der Waals surface area contributed by atoms with Crippen molar-refractivity contribution in [2.45, 2.75) is 0 Å². The average Bonchev–Trinajstić information content (AvgIpc) is 2.24. The van der Waals surface area contributed by atoms with Gasteiger partial charge < -0.3 is 4.98 Å². The first-order valence-corrected chi connectivity index (χ1v) is 4.47. The minimum atomic E-state index is -0.319. The van der Waals surface area contributed by atoms with Crippen molar-refractivity contribution in [3.05, 3.63) is 65.2 Å². The molecule has 0 fully saturated rings. The summed E-state index contributed by atoms with van der Waals surface area (Å²) in [7, 11) is 0. The van der Waals surface area contributed by atoms with E-state index in [1.54, 1.807) is 18.3 Å². The first-order valence-electron chi connectivity index (χ1n) is 4.47. The lowest BCUT2D eigenvalue weighted by Gasteiger charge is -2.01. The van der Waals surface area contributed by atoms with Crippen molar-refractivity contribution >= 4 is 0 Å². The van der Waals surface area contributed by atoms with Crippen molar-refractivity contribution in [3.63, 3.8) is 0 Å². The minimum Gasteiger partial charge on any atom is -0.367 e. The van der Waals surface area contributed by atoms with Crippen LogP contribution in [0.15, 0.2) is 41.5 Å². The van der Waals surface area contributed by atoms with E-state index in [0.717, 1.165) is 0 Å². The van der Waals surface area contributed by atoms with Crippen LogP contribution in [0.5, 0.6) is 0 Å². The fourth-order valence-corrected chi connectivity index (χ4v) is 1.37. The van der Waals surface area contributed by atoms with Crippen LogP contribution in [-0.4, -0.2) is 4.98 Å². The van der Waals surface area contributed by atoms with Gasteiger partial charge in [0.15, 0.2) is 5.43 Å². The Morgan fingerprint density at radius 1 is 1.13 bits per heavy atom. The van der Waals surface area contributed by atoms with Crippen molar-refractivity contribution in [2.75, 3.05) is 0 Å². The van der Waals surface area contributed by atoms with Gasteiger partial charge in [-0.05, 0) is 24.6 Å². The summed E-state index contributed by atoms with van der Waals surface area (Å²) in [5.41, 5.74) is 1.45. The molecule has 0 aliphatic heterocycles. The van der Waals surface area contributed by atoms with Crippen LogP contribution in [0.2, 0.25) is 0 Å². The number of aromatic nitrogens is 1. The Morgan fingerprint density at radius 2 is 1.80 bits per heavy atom. The molecule has 15 heavy (non-hydrogen) atoms. The lowest BCUT2D eigenvalue weighted by atomic mass is 10.1. The lowest BCUT2D eigenvalue weighted by Crippen LogP contribution is -2.08. The number of halogens is 1. The van der Waals surface area contributed by atoms with Gasteiger partial charge in [0, 0.05) is 23.5 Å². The summed E-state index contributed by atoms with van der Waals surface area (Å²) in [6.45, 7) is 3.61. The Morgan fingerprint density at radius 3 is 2.47 bits per heavy atom. The van der Waals surface area contributed by atoms with Crippen LogP contribution in [0.4, 0.5) is 4.39 Å². The highest BCUT2D eigenvalue weighted by molar-refractivity contribution is 5.62. The third kappa shape index (κ3) is 1.81. The van der Waals surface area contributed by atoms with Crippen LogP contribution in [0.3, 0.4) is 0 Å². The van der Waals surface area contributed by atoms with Gasteiger partial charge in [-0.25, -0.2) is 4.39 Å². The van der Waals surface area contributed by atoms with Gasteiger partial charge in [0.2, 0.25) is 0 Å². The molecule has 1 aromatic heterocycles. The molecule has 1 aromatic carbocycles. The largest absolute Gasteiger partial charge is 0.367 e. The second-order valence-corrected chi connectivity index (χ2v) is 3.23. The van der Waals surface area contributed by atoms with Crippen LogP contribution in [0.1, 0.15) is 5.56 Å². The normalized spacial score (nSPS) is 10.3. The number of benzene rings is 1. The molecule has 0 saturated heterocycles. The molecule has 2 nitrogen and oxygen atoms in total. The third-order valence-electron chi connectivity index (χ3n) is 2.18. The van der Waals surface area contributed by atoms with E-state index in [4.69, 9.17) is 0 Å². The molecule has 75 valence electrons. The highest BCUT2D eigenvalue weighted by atomic mass is 19.1. The molecule has 0 atom stereocenters. The standard InChI is InChI=1S/C12H9FNO/c1-8-6-14-7-11(12(8)15)9-2-4-10(13)5-3-9/h2-7H,1H2,(H,14,15). The van der Waals surface area contributed by atoms with Crippen molar-refractivity contribution in [3.8, 4) is 11.1 Å². The molecule has 2 rings (SSSR count). The van der Waals surface area contributed by atoms with Gasteiger partial charge in [-0.1, -0.05) is 12.1 Å². The Kier molecular flexibility index (Phi) is 2.37. The minimum absolute atomic E-state index is 0.139. The molecule has 3 heteroatoms. The number of aromatic amines is 1. The molecule has 0 aliphatic rings. The molecule has 1 heterocycles. The van der Waals surface area contributed by atoms with Gasteiger partial charge in [0.25, 0.3) is 0 Å². The van der Waals surface area contributed by atoms with E-state index in [0.29, 0.717) is 16.7 Å². The lowest BCUT2D eigenvalue weighted by molar-refractivity contribution is 0.628. The van der Waals surface area contributed by atoms with E-state index < -0.39 is 0 Å². The molecule has 0 spiro atoms. The highest BCUT2D eigenvalue weighted by Gasteiger charge is 2.04. The van der Waals surface area contributed by atoms with Crippen LogP contribution in [0.25, 0.3) is 11.1 Å². The first-order chi connectivity index (χ1) is 7.18. The van der Waals surface area contributed by atoms with E-state index in [1.807, 2.05) is 0 Å². The summed E-state index contributed by atoms with van der Waals surface area (Å²) in [4.78, 5) is 14.5. The van der Waals surface area contributed by atoms with E-state index in [-0.39, 0.29) is 11.2 Å². The predicted octanol–water partition coefficient (Wildman–Crippen LogP) is 2.36. The van der Waals surface area contributed by atoms with Crippen molar-refractivity contribution in [1.29, 1.82) is 0 Å². The topological polar surface area (TPSA) is 32.9 Å². The number of H-pyrrole nitrogens is 1. The molecule has 0 unspecified atom stereocenters. The monoisotopic (exact) mass is 202 g/mol. The summed E-state index contributed by atoms with van der Waals surface area (Å²) in [6, 6.07) is 5.79. The average molecular weight is 202 g/mol. The number of rotatable bonds is 1. The molecule has 2 aromatic rings. The maximum atomic E-state index is 12.7. The molecule has 0 saturated carbocycles. The van der Waals surface area contributed by atoms with Crippen LogP contribution in [-0.2, 0) is 0 Å². The third-order valence-corrected chi connectivity index (χ3v) is 2.18. The van der Waals surface area contributed by atoms with E-state index in [2.05, 4.69) is 11.9 Å². The van der Waals surface area contributed by atoms with Gasteiger partial charge >= 0.3 is 0 Å². The second kappa shape index (κ2) is 3.69. The molecule has 1 N–H and O–H groups in total. The molecule has 0 aliphatic carbocycles. The first kappa shape index (κ1) is 9.65. The Labute approximate surface area is 86.4 Å². The fraction of sp³-hybridized carbons (Fsp3) is 0. The van der Waals surface area contributed by atoms with E-state index in [1.165, 1.54) is 18.3 Å². The predicted molar refractivity (Wildman–Crippen MR) is 56.9 cm³/mol. The number of pyridine rings is 1. The van der Waals surface area contributed by atoms with E-state index in [9.17, 15) is 9.18 Å². The summed E-state index contributed by atoms with van der Waals surface area (Å²) in [5, 5.41) is 0. The van der Waals surface area contributed by atoms with Gasteiger partial charge in [0.05, 0.1) is 0 Å². The SMILES string of the molecule is [CH2]c1c[nH]cc(-c2ccc(F)cc2)c1=O. The van der Waals surface area contributed by atoms with Gasteiger partial charge in [-0.15, -0.1) is 0 Å². The van der Waals surface area contributed by atoms with Crippen molar-refractivity contribution in [2.24, 2.45) is 0 Å². The van der Waals surface area contributed by atoms with Gasteiger partial charge in [0.1, 0.15) is 5.82 Å². The van der Waals surface area contributed by atoms with Gasteiger partial charge in [-0.3, -0.25) is 4.79 Å². The van der Waals surface area contributed by atoms with Gasteiger partial charge in [-0.2, -0.15) is 0 Å². The Hall–Kier alpha value is -1.90. The summed E-state index contributed by atoms with van der Waals surface area (Å²) >= 11 is 0. The quantitative estimate of drug-likeness (QED) is 0.756. The number of hydrogen-bond donors (Lipinski definition) is 1. The summed E-state index contributed by atoms with van der Waals surface area (Å²) in [6.07, 6.45) is 3.12. The van der Waals surface area contributed by atoms with Crippen molar-refractivity contribution in [1.82, 2.24) is 4.98 Å². The highest BCUT2D eigenvalue weighted by Crippen LogP contribution is 2.15. The number of hydrogen-bond acceptors (Lipinski definition) is 1. The molecular weight excluding hydrogens is 193 g/mol. The molecule has 0 amide bonds. The molecule has 1 radical (unpaired) electrons. The second-order valence-electron chi connectivity index (χ2n) is 3.23. The Bertz CT molecular complexity index is 528. The zero-order valence-corrected chi connectivity index (χ0v) is 7.96. The fourth-order valence-electron chi connectivity index (χ4n) is 1.37.